The van der Waals surface area contributed by atoms with Gasteiger partial charge >= 0.3 is 5.82 Å². The van der Waals surface area contributed by atoms with Crippen LogP contribution >= 0.6 is 15.9 Å². The van der Waals surface area contributed by atoms with Crippen LogP contribution in [0, 0.1) is 10.1 Å². The van der Waals surface area contributed by atoms with Gasteiger partial charge in [0.2, 0.25) is 5.89 Å². The van der Waals surface area contributed by atoms with E-state index in [1.807, 2.05) is 30.3 Å². The molecule has 0 bridgehead atoms. The normalized spacial score (nSPS) is 10.8. The lowest BCUT2D eigenvalue weighted by molar-refractivity contribution is -0.390. The lowest BCUT2D eigenvalue weighted by Gasteiger charge is -1.94. The van der Waals surface area contributed by atoms with Crippen LogP contribution in [0.1, 0.15) is 17.3 Å². The van der Waals surface area contributed by atoms with Crippen LogP contribution in [0.3, 0.4) is 0 Å². The van der Waals surface area contributed by atoms with Gasteiger partial charge < -0.3 is 14.6 Å². The summed E-state index contributed by atoms with van der Waals surface area (Å²) in [5.74, 6) is 0.654. The van der Waals surface area contributed by atoms with Crippen molar-refractivity contribution in [1.29, 1.82) is 0 Å². The predicted molar refractivity (Wildman–Crippen MR) is 79.2 cm³/mol. The minimum atomic E-state index is -0.560. The van der Waals surface area contributed by atoms with Crippen LogP contribution in [0.15, 0.2) is 45.5 Å². The molecule has 0 N–H and O–H groups in total. The number of benzene rings is 1. The van der Waals surface area contributed by atoms with Crippen LogP contribution in [0.2, 0.25) is 0 Å². The first-order chi connectivity index (χ1) is 10.6. The molecular weight excluding hydrogens is 354 g/mol. The van der Waals surface area contributed by atoms with Crippen LogP contribution < -0.4 is 0 Å². The highest BCUT2D eigenvalue weighted by Gasteiger charge is 2.20. The second-order valence-corrected chi connectivity index (χ2v) is 5.38. The molecule has 0 spiro atoms. The van der Waals surface area contributed by atoms with Crippen molar-refractivity contribution in [3.8, 4) is 0 Å². The zero-order chi connectivity index (χ0) is 15.5. The molecule has 2 heterocycles. The van der Waals surface area contributed by atoms with E-state index in [1.165, 1.54) is 10.9 Å². The molecule has 1 aromatic carbocycles. The smallest absolute Gasteiger partial charge is 0.358 e. The third kappa shape index (κ3) is 3.19. The summed E-state index contributed by atoms with van der Waals surface area (Å²) in [5, 5.41) is 18.5. The summed E-state index contributed by atoms with van der Waals surface area (Å²) in [6.07, 6.45) is 2.06. The van der Waals surface area contributed by atoms with E-state index < -0.39 is 4.92 Å². The second-order valence-electron chi connectivity index (χ2n) is 4.52. The van der Waals surface area contributed by atoms with Gasteiger partial charge in [-0.15, -0.1) is 0 Å². The second kappa shape index (κ2) is 6.06. The molecule has 0 aliphatic rings. The molecule has 0 saturated heterocycles. The van der Waals surface area contributed by atoms with Crippen LogP contribution in [-0.2, 0) is 13.0 Å². The zero-order valence-corrected chi connectivity index (χ0v) is 12.8. The lowest BCUT2D eigenvalue weighted by atomic mass is 10.1. The molecule has 0 aliphatic carbocycles. The molecule has 0 aliphatic heterocycles. The van der Waals surface area contributed by atoms with Gasteiger partial charge in [-0.1, -0.05) is 35.5 Å². The number of hydrogen-bond acceptors (Lipinski definition) is 6. The van der Waals surface area contributed by atoms with Crippen molar-refractivity contribution >= 4 is 21.7 Å². The van der Waals surface area contributed by atoms with Crippen molar-refractivity contribution in [2.75, 3.05) is 0 Å². The molecule has 0 amide bonds. The van der Waals surface area contributed by atoms with Gasteiger partial charge in [0.15, 0.2) is 5.82 Å². The van der Waals surface area contributed by atoms with Crippen molar-refractivity contribution < 1.29 is 9.45 Å². The maximum absolute atomic E-state index is 10.7. The quantitative estimate of drug-likeness (QED) is 0.510. The molecular formula is C13H10BrN5O3. The van der Waals surface area contributed by atoms with Crippen LogP contribution in [0.25, 0.3) is 0 Å². The van der Waals surface area contributed by atoms with E-state index in [0.717, 1.165) is 5.56 Å². The topological polar surface area (TPSA) is 99.9 Å². The van der Waals surface area contributed by atoms with Crippen molar-refractivity contribution in [1.82, 2.24) is 19.9 Å². The molecule has 9 heteroatoms. The Labute approximate surface area is 133 Å². The van der Waals surface area contributed by atoms with E-state index in [2.05, 4.69) is 31.2 Å². The first-order valence-electron chi connectivity index (χ1n) is 6.34. The van der Waals surface area contributed by atoms with E-state index in [1.54, 1.807) is 0 Å². The average Bonchev–Trinajstić information content (AvgIpc) is 3.07. The molecule has 0 fully saturated rings. The maximum Gasteiger partial charge on any atom is 0.404 e. The standard InChI is InChI=1S/C13H10BrN5O3/c14-10-7-18(16-13(10)19(20)21)8-12-15-11(17-22-12)6-9-4-2-1-3-5-9/h1-5,7H,6,8H2. The maximum atomic E-state index is 10.7. The number of aromatic nitrogens is 4. The monoisotopic (exact) mass is 363 g/mol. The Kier molecular flexibility index (Phi) is 3.96. The number of nitrogens with zero attached hydrogens (tertiary/aromatic N) is 5. The Morgan fingerprint density at radius 3 is 2.77 bits per heavy atom. The minimum absolute atomic E-state index is 0.175. The molecule has 0 saturated carbocycles. The average molecular weight is 364 g/mol. The predicted octanol–water partition coefficient (Wildman–Crippen LogP) is 2.58. The minimum Gasteiger partial charge on any atom is -0.358 e. The molecule has 2 aromatic heterocycles. The Morgan fingerprint density at radius 2 is 2.09 bits per heavy atom. The van der Waals surface area contributed by atoms with E-state index in [-0.39, 0.29) is 12.4 Å². The summed E-state index contributed by atoms with van der Waals surface area (Å²) in [7, 11) is 0. The number of halogens is 1. The number of hydrogen-bond donors (Lipinski definition) is 0. The molecule has 0 unspecified atom stereocenters. The van der Waals surface area contributed by atoms with Crippen molar-refractivity contribution in [2.45, 2.75) is 13.0 Å². The Bertz CT molecular complexity index is 799. The van der Waals surface area contributed by atoms with Gasteiger partial charge in [-0.25, -0.2) is 0 Å². The van der Waals surface area contributed by atoms with Gasteiger partial charge in [0.1, 0.15) is 11.0 Å². The summed E-state index contributed by atoms with van der Waals surface area (Å²) >= 11 is 3.09. The Balaban J connectivity index is 1.72. The van der Waals surface area contributed by atoms with Gasteiger partial charge in [-0.05, 0) is 26.4 Å². The highest BCUT2D eigenvalue weighted by molar-refractivity contribution is 9.10. The van der Waals surface area contributed by atoms with E-state index in [9.17, 15) is 10.1 Å². The van der Waals surface area contributed by atoms with Gasteiger partial charge in [-0.3, -0.25) is 0 Å². The molecule has 0 radical (unpaired) electrons. The molecule has 0 atom stereocenters. The molecule has 8 nitrogen and oxygen atoms in total. The van der Waals surface area contributed by atoms with Crippen molar-refractivity contribution in [3.05, 3.63) is 68.4 Å². The third-order valence-electron chi connectivity index (χ3n) is 2.88. The Morgan fingerprint density at radius 1 is 1.32 bits per heavy atom. The van der Waals surface area contributed by atoms with Gasteiger partial charge in [0, 0.05) is 6.42 Å². The number of nitro groups is 1. The fourth-order valence-electron chi connectivity index (χ4n) is 1.93. The van der Waals surface area contributed by atoms with Gasteiger partial charge in [0.25, 0.3) is 0 Å². The largest absolute Gasteiger partial charge is 0.404 e. The summed E-state index contributed by atoms with van der Waals surface area (Å²) < 4.78 is 6.83. The van der Waals surface area contributed by atoms with Crippen LogP contribution in [0.5, 0.6) is 0 Å². The first kappa shape index (κ1) is 14.4. The highest BCUT2D eigenvalue weighted by Crippen LogP contribution is 2.22. The number of rotatable bonds is 5. The molecule has 3 rings (SSSR count). The van der Waals surface area contributed by atoms with Crippen molar-refractivity contribution in [3.63, 3.8) is 0 Å². The van der Waals surface area contributed by atoms with Crippen molar-refractivity contribution in [2.24, 2.45) is 0 Å². The summed E-state index contributed by atoms with van der Waals surface area (Å²) in [5.41, 5.74) is 1.08. The molecule has 112 valence electrons. The summed E-state index contributed by atoms with van der Waals surface area (Å²) in [4.78, 5) is 14.4. The van der Waals surface area contributed by atoms with Gasteiger partial charge in [-0.2, -0.15) is 9.67 Å². The van der Waals surface area contributed by atoms with E-state index in [0.29, 0.717) is 22.6 Å². The third-order valence-corrected chi connectivity index (χ3v) is 3.44. The van der Waals surface area contributed by atoms with Gasteiger partial charge in [0.05, 0.1) is 11.3 Å². The highest BCUT2D eigenvalue weighted by atomic mass is 79.9. The fourth-order valence-corrected chi connectivity index (χ4v) is 2.40. The zero-order valence-electron chi connectivity index (χ0n) is 11.2. The summed E-state index contributed by atoms with van der Waals surface area (Å²) in [6.45, 7) is 0.175. The lowest BCUT2D eigenvalue weighted by Crippen LogP contribution is -2.02. The van der Waals surface area contributed by atoms with Crippen LogP contribution in [0.4, 0.5) is 5.82 Å². The molecule has 3 aromatic rings. The van der Waals surface area contributed by atoms with Crippen LogP contribution in [-0.4, -0.2) is 24.8 Å². The first-order valence-corrected chi connectivity index (χ1v) is 7.14. The van der Waals surface area contributed by atoms with E-state index >= 15 is 0 Å². The summed E-state index contributed by atoms with van der Waals surface area (Å²) in [6, 6.07) is 9.77. The SMILES string of the molecule is O=[N+]([O-])c1nn(Cc2nc(Cc3ccccc3)no2)cc1Br. The van der Waals surface area contributed by atoms with E-state index in [4.69, 9.17) is 4.52 Å². The molecule has 22 heavy (non-hydrogen) atoms. The Hall–Kier alpha value is -2.55. The fraction of sp³-hybridized carbons (Fsp3) is 0.154.